The third-order valence-corrected chi connectivity index (χ3v) is 3.79. The van der Waals surface area contributed by atoms with Crippen LogP contribution in [-0.2, 0) is 0 Å². The summed E-state index contributed by atoms with van der Waals surface area (Å²) in [6.07, 6.45) is 3.74. The summed E-state index contributed by atoms with van der Waals surface area (Å²) < 4.78 is 0. The molecule has 0 aliphatic heterocycles. The second kappa shape index (κ2) is 5.48. The second-order valence-electron chi connectivity index (χ2n) is 5.09. The van der Waals surface area contributed by atoms with Gasteiger partial charge in [0.05, 0.1) is 5.69 Å². The molecule has 3 aromatic rings. The highest BCUT2D eigenvalue weighted by atomic mass is 15.2. The molecule has 2 aromatic heterocycles. The van der Waals surface area contributed by atoms with E-state index in [0.29, 0.717) is 0 Å². The smallest absolute Gasteiger partial charge is 0.151 e. The van der Waals surface area contributed by atoms with Gasteiger partial charge in [-0.05, 0) is 37.3 Å². The highest BCUT2D eigenvalue weighted by molar-refractivity contribution is 5.95. The van der Waals surface area contributed by atoms with E-state index >= 15 is 0 Å². The lowest BCUT2D eigenvalue weighted by Crippen LogP contribution is -2.06. The first-order valence-electron chi connectivity index (χ1n) is 7.13. The van der Waals surface area contributed by atoms with Crippen molar-refractivity contribution in [1.29, 1.82) is 0 Å². The maximum absolute atomic E-state index is 4.43. The van der Waals surface area contributed by atoms with Crippen molar-refractivity contribution in [1.82, 2.24) is 15.2 Å². The van der Waals surface area contributed by atoms with Gasteiger partial charge in [-0.25, -0.2) is 0 Å². The van der Waals surface area contributed by atoms with Gasteiger partial charge in [-0.2, -0.15) is 0 Å². The van der Waals surface area contributed by atoms with E-state index in [1.165, 1.54) is 0 Å². The van der Waals surface area contributed by atoms with E-state index in [1.807, 2.05) is 24.5 Å². The van der Waals surface area contributed by atoms with Crippen LogP contribution in [0, 0.1) is 13.8 Å². The molecule has 0 radical (unpaired) electrons. The number of nitrogens with zero attached hydrogens (tertiary/aromatic N) is 3. The lowest BCUT2D eigenvalue weighted by molar-refractivity contribution is 0.987. The number of anilines is 1. The van der Waals surface area contributed by atoms with Crippen LogP contribution in [0.1, 0.15) is 18.1 Å². The molecule has 3 rings (SSSR count). The summed E-state index contributed by atoms with van der Waals surface area (Å²) >= 11 is 0. The number of benzene rings is 1. The van der Waals surface area contributed by atoms with E-state index in [9.17, 15) is 0 Å². The number of hydrogen-bond donors (Lipinski definition) is 1. The van der Waals surface area contributed by atoms with Crippen LogP contribution in [0.5, 0.6) is 0 Å². The SMILES string of the molecule is CCNc1nnc(-c2cncc3ccccc23)c(C)c1C. The van der Waals surface area contributed by atoms with Gasteiger partial charge in [0.15, 0.2) is 5.82 Å². The van der Waals surface area contributed by atoms with Gasteiger partial charge < -0.3 is 5.32 Å². The summed E-state index contributed by atoms with van der Waals surface area (Å²) in [6.45, 7) is 7.05. The molecular weight excluding hydrogens is 260 g/mol. The predicted molar refractivity (Wildman–Crippen MR) is 86.4 cm³/mol. The van der Waals surface area contributed by atoms with Gasteiger partial charge in [-0.15, -0.1) is 10.2 Å². The molecule has 1 N–H and O–H groups in total. The molecule has 106 valence electrons. The topological polar surface area (TPSA) is 50.7 Å². The minimum Gasteiger partial charge on any atom is -0.369 e. The lowest BCUT2D eigenvalue weighted by Gasteiger charge is -2.13. The van der Waals surface area contributed by atoms with Gasteiger partial charge in [0.25, 0.3) is 0 Å². The quantitative estimate of drug-likeness (QED) is 0.793. The van der Waals surface area contributed by atoms with Crippen molar-refractivity contribution in [3.63, 3.8) is 0 Å². The van der Waals surface area contributed by atoms with Gasteiger partial charge in [0, 0.05) is 29.9 Å². The average molecular weight is 278 g/mol. The molecule has 2 heterocycles. The van der Waals surface area contributed by atoms with E-state index in [0.717, 1.165) is 45.5 Å². The molecule has 4 heteroatoms. The van der Waals surface area contributed by atoms with Gasteiger partial charge in [-0.1, -0.05) is 24.3 Å². The minimum atomic E-state index is 0.837. The lowest BCUT2D eigenvalue weighted by atomic mass is 10.0. The van der Waals surface area contributed by atoms with Crippen molar-refractivity contribution in [3.8, 4) is 11.3 Å². The molecule has 21 heavy (non-hydrogen) atoms. The van der Waals surface area contributed by atoms with Crippen molar-refractivity contribution in [2.24, 2.45) is 0 Å². The maximum Gasteiger partial charge on any atom is 0.151 e. The summed E-state index contributed by atoms with van der Waals surface area (Å²) in [6, 6.07) is 8.22. The van der Waals surface area contributed by atoms with Crippen molar-refractivity contribution in [3.05, 3.63) is 47.8 Å². The summed E-state index contributed by atoms with van der Waals surface area (Å²) in [4.78, 5) is 4.34. The zero-order valence-corrected chi connectivity index (χ0v) is 12.5. The molecular formula is C17H18N4. The third kappa shape index (κ3) is 2.33. The van der Waals surface area contributed by atoms with Crippen LogP contribution in [0.25, 0.3) is 22.0 Å². The van der Waals surface area contributed by atoms with Gasteiger partial charge in [-0.3, -0.25) is 4.98 Å². The maximum atomic E-state index is 4.43. The fraction of sp³-hybridized carbons (Fsp3) is 0.235. The van der Waals surface area contributed by atoms with Crippen LogP contribution < -0.4 is 5.32 Å². The minimum absolute atomic E-state index is 0.837. The number of aromatic nitrogens is 3. The van der Waals surface area contributed by atoms with Crippen molar-refractivity contribution >= 4 is 16.6 Å². The number of hydrogen-bond acceptors (Lipinski definition) is 4. The molecule has 0 unspecified atom stereocenters. The van der Waals surface area contributed by atoms with Crippen LogP contribution in [-0.4, -0.2) is 21.7 Å². The van der Waals surface area contributed by atoms with Crippen LogP contribution in [0.2, 0.25) is 0 Å². The summed E-state index contributed by atoms with van der Waals surface area (Å²) in [5, 5.41) is 14.3. The Kier molecular flexibility index (Phi) is 3.52. The Morgan fingerprint density at radius 1 is 1.00 bits per heavy atom. The van der Waals surface area contributed by atoms with Gasteiger partial charge >= 0.3 is 0 Å². The van der Waals surface area contributed by atoms with Gasteiger partial charge in [0.1, 0.15) is 0 Å². The zero-order valence-electron chi connectivity index (χ0n) is 12.5. The van der Waals surface area contributed by atoms with Crippen LogP contribution >= 0.6 is 0 Å². The molecule has 0 saturated heterocycles. The molecule has 0 atom stereocenters. The summed E-state index contributed by atoms with van der Waals surface area (Å²) in [5.74, 6) is 0.854. The molecule has 0 aliphatic carbocycles. The second-order valence-corrected chi connectivity index (χ2v) is 5.09. The molecule has 0 amide bonds. The van der Waals surface area contributed by atoms with Crippen molar-refractivity contribution in [2.45, 2.75) is 20.8 Å². The Hall–Kier alpha value is -2.49. The number of fused-ring (bicyclic) bond motifs is 1. The van der Waals surface area contributed by atoms with Crippen LogP contribution in [0.15, 0.2) is 36.7 Å². The fourth-order valence-electron chi connectivity index (χ4n) is 2.50. The third-order valence-electron chi connectivity index (χ3n) is 3.79. The van der Waals surface area contributed by atoms with E-state index in [4.69, 9.17) is 0 Å². The summed E-state index contributed by atoms with van der Waals surface area (Å²) in [5.41, 5.74) is 4.21. The number of rotatable bonds is 3. The highest BCUT2D eigenvalue weighted by Gasteiger charge is 2.13. The van der Waals surface area contributed by atoms with E-state index < -0.39 is 0 Å². The van der Waals surface area contributed by atoms with Crippen LogP contribution in [0.4, 0.5) is 5.82 Å². The Labute approximate surface area is 124 Å². The first-order chi connectivity index (χ1) is 10.2. The molecule has 1 aromatic carbocycles. The molecule has 0 fully saturated rings. The van der Waals surface area contributed by atoms with Crippen molar-refractivity contribution in [2.75, 3.05) is 11.9 Å². The summed E-state index contributed by atoms with van der Waals surface area (Å²) in [7, 11) is 0. The number of nitrogens with one attached hydrogen (secondary N) is 1. The Balaban J connectivity index is 2.22. The number of pyridine rings is 1. The molecule has 0 saturated carbocycles. The zero-order chi connectivity index (χ0) is 14.8. The molecule has 4 nitrogen and oxygen atoms in total. The molecule has 0 aliphatic rings. The standard InChI is InChI=1S/C17H18N4/c1-4-19-17-12(3)11(2)16(20-21-17)15-10-18-9-13-7-5-6-8-14(13)15/h5-10H,4H2,1-3H3,(H,19,21). The first kappa shape index (κ1) is 13.5. The molecule has 0 bridgehead atoms. The normalized spacial score (nSPS) is 10.8. The van der Waals surface area contributed by atoms with E-state index in [1.54, 1.807) is 0 Å². The predicted octanol–water partition coefficient (Wildman–Crippen LogP) is 3.74. The molecule has 0 spiro atoms. The van der Waals surface area contributed by atoms with Gasteiger partial charge in [0.2, 0.25) is 0 Å². The van der Waals surface area contributed by atoms with E-state index in [-0.39, 0.29) is 0 Å². The van der Waals surface area contributed by atoms with Crippen LogP contribution in [0.3, 0.4) is 0 Å². The first-order valence-corrected chi connectivity index (χ1v) is 7.13. The largest absolute Gasteiger partial charge is 0.369 e. The monoisotopic (exact) mass is 278 g/mol. The fourth-order valence-corrected chi connectivity index (χ4v) is 2.50. The average Bonchev–Trinajstić information content (AvgIpc) is 2.52. The Morgan fingerprint density at radius 3 is 2.62 bits per heavy atom. The Bertz CT molecular complexity index is 791. The van der Waals surface area contributed by atoms with Crippen molar-refractivity contribution < 1.29 is 0 Å². The highest BCUT2D eigenvalue weighted by Crippen LogP contribution is 2.30. The van der Waals surface area contributed by atoms with E-state index in [2.05, 4.69) is 53.4 Å². The Morgan fingerprint density at radius 2 is 1.81 bits per heavy atom.